The molecule has 0 saturated carbocycles. The third kappa shape index (κ3) is 4.85. The van der Waals surface area contributed by atoms with E-state index in [1.165, 1.54) is 7.11 Å². The molecule has 0 aromatic heterocycles. The molecule has 114 valence electrons. The number of nitrogens with one attached hydrogen (secondary N) is 1. The second-order valence-electron chi connectivity index (χ2n) is 4.60. The number of hydrogen-bond acceptors (Lipinski definition) is 3. The number of rotatable bonds is 6. The van der Waals surface area contributed by atoms with Gasteiger partial charge in [0.15, 0.2) is 0 Å². The molecule has 3 N–H and O–H groups in total. The van der Waals surface area contributed by atoms with Crippen molar-refractivity contribution in [1.82, 2.24) is 5.32 Å². The minimum atomic E-state index is -0.366. The van der Waals surface area contributed by atoms with Gasteiger partial charge in [0.05, 0.1) is 12.7 Å². The molecular weight excluding hydrogens is 299 g/mol. The van der Waals surface area contributed by atoms with Crippen LogP contribution in [0.4, 0.5) is 0 Å². The van der Waals surface area contributed by atoms with Crippen molar-refractivity contribution in [2.24, 2.45) is 5.73 Å². The summed E-state index contributed by atoms with van der Waals surface area (Å²) < 4.78 is 5.16. The standard InChI is InChI=1S/C14H21ClN2O2.ClH/c1-4-14(16,5-2)9-17-13(18)11-7-6-10(15)8-12(11)19-3;/h6-8H,4-5,9,16H2,1-3H3,(H,17,18);1H. The van der Waals surface area contributed by atoms with Gasteiger partial charge in [0.2, 0.25) is 0 Å². The summed E-state index contributed by atoms with van der Waals surface area (Å²) in [5.74, 6) is 0.255. The van der Waals surface area contributed by atoms with E-state index in [-0.39, 0.29) is 23.9 Å². The van der Waals surface area contributed by atoms with Crippen LogP contribution in [-0.2, 0) is 0 Å². The van der Waals surface area contributed by atoms with E-state index < -0.39 is 0 Å². The van der Waals surface area contributed by atoms with Crippen molar-refractivity contribution in [2.75, 3.05) is 13.7 Å². The zero-order valence-electron chi connectivity index (χ0n) is 12.0. The number of halogens is 2. The number of amides is 1. The number of methoxy groups -OCH3 is 1. The van der Waals surface area contributed by atoms with Gasteiger partial charge in [-0.3, -0.25) is 4.79 Å². The predicted molar refractivity (Wildman–Crippen MR) is 85.1 cm³/mol. The summed E-state index contributed by atoms with van der Waals surface area (Å²) in [6.07, 6.45) is 1.61. The Morgan fingerprint density at radius 2 is 2.00 bits per heavy atom. The monoisotopic (exact) mass is 320 g/mol. The average Bonchev–Trinajstić information content (AvgIpc) is 2.44. The number of carbonyl (C=O) groups is 1. The van der Waals surface area contributed by atoms with Gasteiger partial charge in [-0.05, 0) is 31.0 Å². The smallest absolute Gasteiger partial charge is 0.255 e. The topological polar surface area (TPSA) is 64.3 Å². The van der Waals surface area contributed by atoms with E-state index in [4.69, 9.17) is 22.1 Å². The predicted octanol–water partition coefficient (Wildman–Crippen LogP) is 3.02. The molecule has 0 aliphatic rings. The average molecular weight is 321 g/mol. The fourth-order valence-electron chi connectivity index (χ4n) is 1.70. The summed E-state index contributed by atoms with van der Waals surface area (Å²) in [6, 6.07) is 4.92. The molecule has 1 amide bonds. The lowest BCUT2D eigenvalue weighted by Crippen LogP contribution is -2.49. The van der Waals surface area contributed by atoms with E-state index in [2.05, 4.69) is 5.32 Å². The Kier molecular flexibility index (Phi) is 7.94. The molecule has 0 aliphatic heterocycles. The molecule has 20 heavy (non-hydrogen) atoms. The fourth-order valence-corrected chi connectivity index (χ4v) is 1.87. The van der Waals surface area contributed by atoms with Gasteiger partial charge >= 0.3 is 0 Å². The van der Waals surface area contributed by atoms with E-state index in [0.717, 1.165) is 12.8 Å². The Morgan fingerprint density at radius 3 is 2.50 bits per heavy atom. The molecule has 0 fully saturated rings. The summed E-state index contributed by atoms with van der Waals surface area (Å²) in [5.41, 5.74) is 6.24. The fraction of sp³-hybridized carbons (Fsp3) is 0.500. The highest BCUT2D eigenvalue weighted by Gasteiger charge is 2.22. The van der Waals surface area contributed by atoms with Crippen LogP contribution in [0.3, 0.4) is 0 Å². The molecule has 0 atom stereocenters. The van der Waals surface area contributed by atoms with Crippen LogP contribution in [-0.4, -0.2) is 25.1 Å². The van der Waals surface area contributed by atoms with Crippen molar-refractivity contribution in [3.63, 3.8) is 0 Å². The first-order chi connectivity index (χ1) is 8.95. The van der Waals surface area contributed by atoms with Crippen LogP contribution in [0.2, 0.25) is 5.02 Å². The molecule has 1 aromatic rings. The summed E-state index contributed by atoms with van der Waals surface area (Å²) >= 11 is 5.86. The van der Waals surface area contributed by atoms with Crippen molar-refractivity contribution >= 4 is 29.9 Å². The highest BCUT2D eigenvalue weighted by Crippen LogP contribution is 2.23. The third-order valence-electron chi connectivity index (χ3n) is 3.42. The van der Waals surface area contributed by atoms with E-state index in [1.54, 1.807) is 18.2 Å². The lowest BCUT2D eigenvalue weighted by Gasteiger charge is -2.26. The summed E-state index contributed by atoms with van der Waals surface area (Å²) in [7, 11) is 1.51. The Hall–Kier alpha value is -0.970. The third-order valence-corrected chi connectivity index (χ3v) is 3.65. The van der Waals surface area contributed by atoms with Gasteiger partial charge in [0, 0.05) is 17.1 Å². The van der Waals surface area contributed by atoms with Crippen LogP contribution in [0.1, 0.15) is 37.0 Å². The molecule has 0 saturated heterocycles. The maximum atomic E-state index is 12.1. The Morgan fingerprint density at radius 1 is 1.40 bits per heavy atom. The largest absolute Gasteiger partial charge is 0.496 e. The number of benzene rings is 1. The number of hydrogen-bond donors (Lipinski definition) is 2. The van der Waals surface area contributed by atoms with Gasteiger partial charge in [-0.2, -0.15) is 0 Å². The van der Waals surface area contributed by atoms with Crippen molar-refractivity contribution in [3.05, 3.63) is 28.8 Å². The first-order valence-electron chi connectivity index (χ1n) is 6.36. The van der Waals surface area contributed by atoms with Crippen molar-refractivity contribution in [3.8, 4) is 5.75 Å². The second-order valence-corrected chi connectivity index (χ2v) is 5.03. The lowest BCUT2D eigenvalue weighted by atomic mass is 9.94. The molecule has 0 unspecified atom stereocenters. The van der Waals surface area contributed by atoms with E-state index >= 15 is 0 Å². The summed E-state index contributed by atoms with van der Waals surface area (Å²) in [5, 5.41) is 3.38. The SMILES string of the molecule is CCC(N)(CC)CNC(=O)c1ccc(Cl)cc1OC.Cl. The Bertz CT molecular complexity index is 449. The molecule has 6 heteroatoms. The van der Waals surface area contributed by atoms with Crippen LogP contribution in [0.25, 0.3) is 0 Å². The zero-order chi connectivity index (χ0) is 14.5. The first kappa shape index (κ1) is 19.0. The number of ether oxygens (including phenoxy) is 1. The number of carbonyl (C=O) groups excluding carboxylic acids is 1. The molecule has 1 rings (SSSR count). The van der Waals surface area contributed by atoms with Crippen molar-refractivity contribution in [1.29, 1.82) is 0 Å². The molecule has 0 bridgehead atoms. The highest BCUT2D eigenvalue weighted by atomic mass is 35.5. The number of nitrogens with two attached hydrogens (primary N) is 1. The van der Waals surface area contributed by atoms with Crippen LogP contribution in [0, 0.1) is 0 Å². The van der Waals surface area contributed by atoms with E-state index in [9.17, 15) is 4.79 Å². The molecule has 0 heterocycles. The Balaban J connectivity index is 0.00000361. The maximum absolute atomic E-state index is 12.1. The van der Waals surface area contributed by atoms with Gasteiger partial charge in [-0.25, -0.2) is 0 Å². The van der Waals surface area contributed by atoms with Crippen LogP contribution < -0.4 is 15.8 Å². The van der Waals surface area contributed by atoms with Gasteiger partial charge in [-0.1, -0.05) is 25.4 Å². The molecule has 1 aromatic carbocycles. The van der Waals surface area contributed by atoms with E-state index in [1.807, 2.05) is 13.8 Å². The van der Waals surface area contributed by atoms with Gasteiger partial charge in [0.1, 0.15) is 5.75 Å². The molecule has 0 aliphatic carbocycles. The highest BCUT2D eigenvalue weighted by molar-refractivity contribution is 6.30. The maximum Gasteiger partial charge on any atom is 0.255 e. The van der Waals surface area contributed by atoms with Gasteiger partial charge in [0.25, 0.3) is 5.91 Å². The normalized spacial score (nSPS) is 10.7. The van der Waals surface area contributed by atoms with E-state index in [0.29, 0.717) is 22.9 Å². The summed E-state index contributed by atoms with van der Waals surface area (Å²) in [4.78, 5) is 12.1. The van der Waals surface area contributed by atoms with Crippen LogP contribution in [0.5, 0.6) is 5.75 Å². The van der Waals surface area contributed by atoms with Crippen LogP contribution >= 0.6 is 24.0 Å². The lowest BCUT2D eigenvalue weighted by molar-refractivity contribution is 0.0939. The van der Waals surface area contributed by atoms with Crippen molar-refractivity contribution in [2.45, 2.75) is 32.2 Å². The minimum Gasteiger partial charge on any atom is -0.496 e. The quantitative estimate of drug-likeness (QED) is 0.846. The molecular formula is C14H22Cl2N2O2. The molecule has 4 nitrogen and oxygen atoms in total. The first-order valence-corrected chi connectivity index (χ1v) is 6.74. The molecule has 0 radical (unpaired) electrons. The summed E-state index contributed by atoms with van der Waals surface area (Å²) in [6.45, 7) is 4.46. The van der Waals surface area contributed by atoms with Gasteiger partial charge < -0.3 is 15.8 Å². The second kappa shape index (κ2) is 8.35. The Labute approximate surface area is 131 Å². The zero-order valence-corrected chi connectivity index (χ0v) is 13.6. The molecule has 0 spiro atoms. The van der Waals surface area contributed by atoms with Crippen LogP contribution in [0.15, 0.2) is 18.2 Å². The van der Waals surface area contributed by atoms with Crippen molar-refractivity contribution < 1.29 is 9.53 Å². The van der Waals surface area contributed by atoms with Gasteiger partial charge in [-0.15, -0.1) is 12.4 Å². The minimum absolute atomic E-state index is 0.